The molecule has 0 aromatic rings. The fourth-order valence-corrected chi connectivity index (χ4v) is 3.69. The minimum atomic E-state index is 0.812. The van der Waals surface area contributed by atoms with Gasteiger partial charge in [-0.1, -0.05) is 20.3 Å². The summed E-state index contributed by atoms with van der Waals surface area (Å²) in [6, 6.07) is 3.30. The van der Waals surface area contributed by atoms with Crippen molar-refractivity contribution in [1.82, 2.24) is 10.2 Å². The molecule has 2 aliphatic rings. The molecule has 2 aliphatic heterocycles. The van der Waals surface area contributed by atoms with Gasteiger partial charge in [0.25, 0.3) is 0 Å². The molecular weight excluding hydrogens is 196 g/mol. The summed E-state index contributed by atoms with van der Waals surface area (Å²) in [7, 11) is 2.36. The number of hydrogen-bond donors (Lipinski definition) is 1. The maximum Gasteiger partial charge on any atom is 0.0125 e. The quantitative estimate of drug-likeness (QED) is 0.772. The highest BCUT2D eigenvalue weighted by Crippen LogP contribution is 2.30. The molecule has 2 nitrogen and oxygen atoms in total. The summed E-state index contributed by atoms with van der Waals surface area (Å²) in [4.78, 5) is 2.69. The van der Waals surface area contributed by atoms with E-state index >= 15 is 0 Å². The number of nitrogens with one attached hydrogen (secondary N) is 1. The Labute approximate surface area is 101 Å². The largest absolute Gasteiger partial charge is 0.311 e. The Morgan fingerprint density at radius 3 is 2.31 bits per heavy atom. The summed E-state index contributed by atoms with van der Waals surface area (Å²) < 4.78 is 0. The molecule has 2 saturated heterocycles. The van der Waals surface area contributed by atoms with Gasteiger partial charge in [0.05, 0.1) is 0 Å². The molecule has 0 aromatic carbocycles. The fraction of sp³-hybridized carbons (Fsp3) is 1.00. The molecule has 94 valence electrons. The summed E-state index contributed by atoms with van der Waals surface area (Å²) in [5.41, 5.74) is 0. The van der Waals surface area contributed by atoms with Gasteiger partial charge in [-0.25, -0.2) is 0 Å². The van der Waals surface area contributed by atoms with Gasteiger partial charge in [-0.3, -0.25) is 0 Å². The smallest absolute Gasteiger partial charge is 0.0125 e. The molecule has 0 amide bonds. The summed E-state index contributed by atoms with van der Waals surface area (Å²) >= 11 is 0. The third-order valence-corrected chi connectivity index (χ3v) is 4.69. The van der Waals surface area contributed by atoms with Gasteiger partial charge in [-0.15, -0.1) is 0 Å². The van der Waals surface area contributed by atoms with Gasteiger partial charge in [0.15, 0.2) is 0 Å². The number of fused-ring (bicyclic) bond motifs is 2. The monoisotopic (exact) mass is 224 g/mol. The standard InChI is InChI=1S/C14H28N2/c1-4-6-13(5-2)16(3)14-9-11-7-8-12(10-14)15-11/h11-15H,4-10H2,1-3H3. The summed E-state index contributed by atoms with van der Waals surface area (Å²) in [6.07, 6.45) is 9.59. The van der Waals surface area contributed by atoms with Crippen LogP contribution in [-0.2, 0) is 0 Å². The molecule has 2 heterocycles. The molecule has 2 fully saturated rings. The Hall–Kier alpha value is -0.0800. The average molecular weight is 224 g/mol. The van der Waals surface area contributed by atoms with E-state index in [1.807, 2.05) is 0 Å². The Morgan fingerprint density at radius 1 is 1.19 bits per heavy atom. The van der Waals surface area contributed by atoms with Crippen molar-refractivity contribution >= 4 is 0 Å². The Balaban J connectivity index is 1.90. The van der Waals surface area contributed by atoms with Gasteiger partial charge >= 0.3 is 0 Å². The number of hydrogen-bond acceptors (Lipinski definition) is 2. The van der Waals surface area contributed by atoms with Crippen LogP contribution in [0.5, 0.6) is 0 Å². The van der Waals surface area contributed by atoms with Gasteiger partial charge < -0.3 is 10.2 Å². The maximum atomic E-state index is 3.74. The summed E-state index contributed by atoms with van der Waals surface area (Å²) in [6.45, 7) is 4.65. The SMILES string of the molecule is CCCC(CC)N(C)C1CC2CCC(C1)N2. The molecule has 0 aromatic heterocycles. The van der Waals surface area contributed by atoms with Crippen molar-refractivity contribution < 1.29 is 0 Å². The molecule has 2 bridgehead atoms. The molecule has 2 rings (SSSR count). The van der Waals surface area contributed by atoms with E-state index in [-0.39, 0.29) is 0 Å². The Morgan fingerprint density at radius 2 is 1.81 bits per heavy atom. The molecule has 0 aliphatic carbocycles. The molecule has 2 heteroatoms. The molecule has 3 unspecified atom stereocenters. The molecule has 16 heavy (non-hydrogen) atoms. The van der Waals surface area contributed by atoms with Crippen molar-refractivity contribution in [3.05, 3.63) is 0 Å². The van der Waals surface area contributed by atoms with Crippen LogP contribution < -0.4 is 5.32 Å². The van der Waals surface area contributed by atoms with E-state index < -0.39 is 0 Å². The minimum absolute atomic E-state index is 0.812. The van der Waals surface area contributed by atoms with Crippen LogP contribution >= 0.6 is 0 Å². The van der Waals surface area contributed by atoms with E-state index in [1.165, 1.54) is 44.9 Å². The lowest BCUT2D eigenvalue weighted by molar-refractivity contribution is 0.115. The van der Waals surface area contributed by atoms with Crippen molar-refractivity contribution in [2.75, 3.05) is 7.05 Å². The van der Waals surface area contributed by atoms with Crippen molar-refractivity contribution in [3.63, 3.8) is 0 Å². The zero-order valence-corrected chi connectivity index (χ0v) is 11.2. The lowest BCUT2D eigenvalue weighted by Gasteiger charge is -2.39. The van der Waals surface area contributed by atoms with Crippen LogP contribution in [0.2, 0.25) is 0 Å². The molecule has 1 N–H and O–H groups in total. The van der Waals surface area contributed by atoms with Crippen LogP contribution in [0, 0.1) is 0 Å². The van der Waals surface area contributed by atoms with Crippen molar-refractivity contribution in [3.8, 4) is 0 Å². The normalized spacial score (nSPS) is 35.6. The second-order valence-electron chi connectivity index (χ2n) is 5.78. The van der Waals surface area contributed by atoms with Crippen molar-refractivity contribution in [2.24, 2.45) is 0 Å². The summed E-state index contributed by atoms with van der Waals surface area (Å²) in [5.74, 6) is 0. The van der Waals surface area contributed by atoms with Crippen LogP contribution in [0.25, 0.3) is 0 Å². The lowest BCUT2D eigenvalue weighted by Crippen LogP contribution is -2.49. The van der Waals surface area contributed by atoms with E-state index in [4.69, 9.17) is 0 Å². The molecule has 0 spiro atoms. The molecule has 3 atom stereocenters. The third-order valence-electron chi connectivity index (χ3n) is 4.69. The van der Waals surface area contributed by atoms with Gasteiger partial charge in [0.2, 0.25) is 0 Å². The van der Waals surface area contributed by atoms with Gasteiger partial charge in [0, 0.05) is 24.2 Å². The van der Waals surface area contributed by atoms with Crippen LogP contribution in [0.1, 0.15) is 58.8 Å². The predicted molar refractivity (Wildman–Crippen MR) is 69.7 cm³/mol. The van der Waals surface area contributed by atoms with Crippen LogP contribution in [-0.4, -0.2) is 36.1 Å². The second kappa shape index (κ2) is 5.50. The summed E-state index contributed by atoms with van der Waals surface area (Å²) in [5, 5.41) is 3.74. The first-order valence-corrected chi connectivity index (χ1v) is 7.22. The molecular formula is C14H28N2. The van der Waals surface area contributed by atoms with Crippen molar-refractivity contribution in [2.45, 2.75) is 83.0 Å². The van der Waals surface area contributed by atoms with Gasteiger partial charge in [0.1, 0.15) is 0 Å². The number of nitrogens with zero attached hydrogens (tertiary/aromatic N) is 1. The first-order chi connectivity index (χ1) is 7.74. The van der Waals surface area contributed by atoms with E-state index in [9.17, 15) is 0 Å². The first kappa shape index (κ1) is 12.4. The zero-order chi connectivity index (χ0) is 11.5. The predicted octanol–water partition coefficient (Wildman–Crippen LogP) is 2.78. The minimum Gasteiger partial charge on any atom is -0.311 e. The molecule has 0 radical (unpaired) electrons. The average Bonchev–Trinajstić information content (AvgIpc) is 2.64. The van der Waals surface area contributed by atoms with E-state index in [0.29, 0.717) is 0 Å². The second-order valence-corrected chi connectivity index (χ2v) is 5.78. The van der Waals surface area contributed by atoms with Crippen LogP contribution in [0.15, 0.2) is 0 Å². The Bertz CT molecular complexity index is 205. The topological polar surface area (TPSA) is 15.3 Å². The van der Waals surface area contributed by atoms with E-state index in [2.05, 4.69) is 31.1 Å². The van der Waals surface area contributed by atoms with Gasteiger partial charge in [-0.05, 0) is 45.6 Å². The number of rotatable bonds is 5. The van der Waals surface area contributed by atoms with Crippen LogP contribution in [0.3, 0.4) is 0 Å². The zero-order valence-electron chi connectivity index (χ0n) is 11.2. The third kappa shape index (κ3) is 2.60. The number of piperidine rings is 1. The lowest BCUT2D eigenvalue weighted by atomic mass is 9.95. The first-order valence-electron chi connectivity index (χ1n) is 7.22. The maximum absolute atomic E-state index is 3.74. The molecule has 0 saturated carbocycles. The van der Waals surface area contributed by atoms with E-state index in [0.717, 1.165) is 24.2 Å². The fourth-order valence-electron chi connectivity index (χ4n) is 3.69. The Kier molecular flexibility index (Phi) is 4.26. The van der Waals surface area contributed by atoms with Crippen LogP contribution in [0.4, 0.5) is 0 Å². The highest BCUT2D eigenvalue weighted by Gasteiger charge is 2.36. The highest BCUT2D eigenvalue weighted by molar-refractivity contribution is 4.96. The van der Waals surface area contributed by atoms with Crippen molar-refractivity contribution in [1.29, 1.82) is 0 Å². The highest BCUT2D eigenvalue weighted by atomic mass is 15.2. The van der Waals surface area contributed by atoms with Gasteiger partial charge in [-0.2, -0.15) is 0 Å². The van der Waals surface area contributed by atoms with E-state index in [1.54, 1.807) is 0 Å².